The van der Waals surface area contributed by atoms with Crippen LogP contribution in [-0.2, 0) is 24.4 Å². The van der Waals surface area contributed by atoms with Crippen LogP contribution in [0.5, 0.6) is 0 Å². The first-order valence-corrected chi connectivity index (χ1v) is 15.4. The lowest BCUT2D eigenvalue weighted by atomic mass is 9.82. The highest BCUT2D eigenvalue weighted by Gasteiger charge is 2.44. The number of rotatable bonds is 7. The molecule has 4 rings (SSSR count). The van der Waals surface area contributed by atoms with Gasteiger partial charge in [0.15, 0.2) is 21.7 Å². The Morgan fingerprint density at radius 1 is 0.971 bits per heavy atom. The van der Waals surface area contributed by atoms with E-state index in [0.717, 1.165) is 33.8 Å². The Labute approximate surface area is 204 Å². The molecule has 0 unspecified atom stereocenters. The van der Waals surface area contributed by atoms with Crippen molar-refractivity contribution in [1.82, 2.24) is 0 Å². The zero-order valence-corrected chi connectivity index (χ0v) is 21.8. The third kappa shape index (κ3) is 4.86. The number of hydrogen-bond donors (Lipinski definition) is 0. The maximum Gasteiger partial charge on any atom is 0.215 e. The van der Waals surface area contributed by atoms with E-state index in [1.165, 1.54) is 6.26 Å². The van der Waals surface area contributed by atoms with Gasteiger partial charge in [-0.05, 0) is 60.0 Å². The standard InChI is InChI=1S/C24H26N2O5S3/c1-24(2)21-16-20(33(4,27)28)9-10-22(21)26-12-11-18(15-23(24)26)17-5-7-19(8-6-17)25(3)13-14-32-34(29,30)31/h5-12,15-16H,13-14H2,1-4H3. The topological polar surface area (TPSA) is 98.5 Å². The van der Waals surface area contributed by atoms with E-state index in [0.29, 0.717) is 22.2 Å². The average molecular weight is 519 g/mol. The Hall–Kier alpha value is -2.40. The fourth-order valence-corrected chi connectivity index (χ4v) is 6.32. The van der Waals surface area contributed by atoms with Gasteiger partial charge in [-0.15, -0.1) is 0 Å². The van der Waals surface area contributed by atoms with Crippen LogP contribution >= 0.6 is 10.8 Å². The number of fused-ring (bicyclic) bond motifs is 3. The third-order valence-corrected chi connectivity index (χ3v) is 9.33. The molecule has 0 spiro atoms. The second-order valence-electron chi connectivity index (χ2n) is 8.95. The van der Waals surface area contributed by atoms with Crippen molar-refractivity contribution in [3.05, 3.63) is 72.1 Å². The number of pyridine rings is 1. The molecule has 2 aromatic carbocycles. The summed E-state index contributed by atoms with van der Waals surface area (Å²) in [6, 6.07) is 17.4. The van der Waals surface area contributed by atoms with Crippen LogP contribution in [0.1, 0.15) is 25.1 Å². The highest BCUT2D eigenvalue weighted by Crippen LogP contribution is 2.40. The normalized spacial score (nSPS) is 14.5. The van der Waals surface area contributed by atoms with E-state index >= 15 is 0 Å². The molecule has 1 aliphatic heterocycles. The number of benzene rings is 2. The van der Waals surface area contributed by atoms with Crippen molar-refractivity contribution in [3.8, 4) is 16.8 Å². The Balaban J connectivity index is 1.60. The van der Waals surface area contributed by atoms with Gasteiger partial charge in [0.05, 0.1) is 10.3 Å². The molecule has 3 aromatic rings. The zero-order valence-electron chi connectivity index (χ0n) is 19.3. The summed E-state index contributed by atoms with van der Waals surface area (Å²) in [4.78, 5) is 2.22. The minimum atomic E-state index is -4.28. The molecule has 0 amide bonds. The van der Waals surface area contributed by atoms with Crippen LogP contribution in [0.4, 0.5) is 5.69 Å². The summed E-state index contributed by atoms with van der Waals surface area (Å²) in [5, 5.41) is 0. The van der Waals surface area contributed by atoms with Crippen molar-refractivity contribution in [1.29, 1.82) is 0 Å². The lowest BCUT2D eigenvalue weighted by Gasteiger charge is -2.20. The van der Waals surface area contributed by atoms with Crippen LogP contribution in [0.2, 0.25) is 0 Å². The number of aromatic nitrogens is 1. The first kappa shape index (κ1) is 24.7. The van der Waals surface area contributed by atoms with E-state index in [1.54, 1.807) is 12.1 Å². The van der Waals surface area contributed by atoms with Crippen LogP contribution in [-0.4, -0.2) is 47.0 Å². The van der Waals surface area contributed by atoms with Crippen LogP contribution in [0.3, 0.4) is 0 Å². The van der Waals surface area contributed by atoms with Gasteiger partial charge < -0.3 is 9.45 Å². The maximum atomic E-state index is 12.1. The molecule has 0 N–H and O–H groups in total. The van der Waals surface area contributed by atoms with Gasteiger partial charge in [0.2, 0.25) is 5.69 Å². The Kier molecular flexibility index (Phi) is 6.30. The number of sulfone groups is 1. The molecule has 0 saturated heterocycles. The SMILES string of the molecule is CN(CCSS(=O)(=O)[O-])c1ccc(-c2cc[n+]3c(c2)C(C)(C)c2cc(S(C)(=O)=O)ccc2-3)cc1. The van der Waals surface area contributed by atoms with Crippen molar-refractivity contribution in [2.45, 2.75) is 24.2 Å². The second kappa shape index (κ2) is 8.67. The van der Waals surface area contributed by atoms with E-state index in [4.69, 9.17) is 0 Å². The van der Waals surface area contributed by atoms with Gasteiger partial charge in [-0.25, -0.2) is 16.8 Å². The van der Waals surface area contributed by atoms with Gasteiger partial charge in [0.1, 0.15) is 9.15 Å². The van der Waals surface area contributed by atoms with Gasteiger partial charge in [0, 0.05) is 55.1 Å². The van der Waals surface area contributed by atoms with Crippen molar-refractivity contribution in [2.75, 3.05) is 30.5 Å². The van der Waals surface area contributed by atoms with Crippen molar-refractivity contribution in [3.63, 3.8) is 0 Å². The molecule has 0 fully saturated rings. The first-order chi connectivity index (χ1) is 15.8. The molecule has 0 bridgehead atoms. The minimum Gasteiger partial charge on any atom is -0.739 e. The van der Waals surface area contributed by atoms with Crippen LogP contribution in [0.15, 0.2) is 65.7 Å². The molecule has 1 aromatic heterocycles. The smallest absolute Gasteiger partial charge is 0.215 e. The summed E-state index contributed by atoms with van der Waals surface area (Å²) >= 11 is 0. The number of nitrogens with zero attached hydrogens (tertiary/aromatic N) is 2. The van der Waals surface area contributed by atoms with E-state index < -0.39 is 19.0 Å². The highest BCUT2D eigenvalue weighted by atomic mass is 33.1. The number of anilines is 1. The van der Waals surface area contributed by atoms with Crippen LogP contribution in [0.25, 0.3) is 16.8 Å². The van der Waals surface area contributed by atoms with E-state index in [-0.39, 0.29) is 11.2 Å². The molecular formula is C24H26N2O5S3. The van der Waals surface area contributed by atoms with E-state index in [9.17, 15) is 21.4 Å². The summed E-state index contributed by atoms with van der Waals surface area (Å²) in [5.74, 6) is 0.197. The Bertz CT molecular complexity index is 1460. The summed E-state index contributed by atoms with van der Waals surface area (Å²) in [6.45, 7) is 4.63. The molecule has 2 heterocycles. The molecule has 1 aliphatic rings. The largest absolute Gasteiger partial charge is 0.739 e. The van der Waals surface area contributed by atoms with Crippen LogP contribution < -0.4 is 9.47 Å². The Morgan fingerprint density at radius 3 is 2.26 bits per heavy atom. The lowest BCUT2D eigenvalue weighted by molar-refractivity contribution is -0.599. The Morgan fingerprint density at radius 2 is 1.65 bits per heavy atom. The summed E-state index contributed by atoms with van der Waals surface area (Å²) < 4.78 is 58.6. The summed E-state index contributed by atoms with van der Waals surface area (Å²) in [6.07, 6.45) is 3.24. The lowest BCUT2D eigenvalue weighted by Crippen LogP contribution is -2.34. The van der Waals surface area contributed by atoms with Gasteiger partial charge in [0.25, 0.3) is 0 Å². The van der Waals surface area contributed by atoms with E-state index in [2.05, 4.69) is 24.5 Å². The van der Waals surface area contributed by atoms with Gasteiger partial charge in [-0.3, -0.25) is 0 Å². The fourth-order valence-electron chi connectivity index (χ4n) is 4.28. The average Bonchev–Trinajstić information content (AvgIpc) is 2.98. The van der Waals surface area contributed by atoms with Gasteiger partial charge in [-0.1, -0.05) is 12.1 Å². The molecule has 180 valence electrons. The molecular weight excluding hydrogens is 492 g/mol. The molecule has 0 atom stereocenters. The van der Waals surface area contributed by atoms with Crippen molar-refractivity contribution >= 4 is 35.5 Å². The summed E-state index contributed by atoms with van der Waals surface area (Å²) in [5.41, 5.74) is 5.65. The first-order valence-electron chi connectivity index (χ1n) is 10.6. The highest BCUT2D eigenvalue weighted by molar-refractivity contribution is 8.69. The minimum absolute atomic E-state index is 0.197. The van der Waals surface area contributed by atoms with Gasteiger partial charge >= 0.3 is 0 Å². The van der Waals surface area contributed by atoms with Crippen molar-refractivity contribution in [2.24, 2.45) is 0 Å². The van der Waals surface area contributed by atoms with Crippen molar-refractivity contribution < 1.29 is 26.0 Å². The molecule has 0 saturated carbocycles. The quantitative estimate of drug-likeness (QED) is 0.269. The predicted octanol–water partition coefficient (Wildman–Crippen LogP) is 3.30. The fraction of sp³-hybridized carbons (Fsp3) is 0.292. The number of hydrogen-bond acceptors (Lipinski definition) is 7. The molecule has 7 nitrogen and oxygen atoms in total. The van der Waals surface area contributed by atoms with E-state index in [1.807, 2.05) is 54.5 Å². The molecule has 0 aliphatic carbocycles. The monoisotopic (exact) mass is 518 g/mol. The molecule has 0 radical (unpaired) electrons. The third-order valence-electron chi connectivity index (χ3n) is 6.22. The zero-order chi connectivity index (χ0) is 24.9. The summed E-state index contributed by atoms with van der Waals surface area (Å²) in [7, 11) is -5.32. The second-order valence-corrected chi connectivity index (χ2v) is 14.4. The van der Waals surface area contributed by atoms with Crippen LogP contribution in [0, 0.1) is 0 Å². The molecule has 34 heavy (non-hydrogen) atoms. The predicted molar refractivity (Wildman–Crippen MR) is 134 cm³/mol. The van der Waals surface area contributed by atoms with Gasteiger partial charge in [-0.2, -0.15) is 4.57 Å². The molecule has 10 heteroatoms. The maximum absolute atomic E-state index is 12.1.